The minimum absolute atomic E-state index is 0.599. The van der Waals surface area contributed by atoms with Crippen LogP contribution in [0.4, 0.5) is 0 Å². The average Bonchev–Trinajstić information content (AvgIpc) is 2.58. The second-order valence-corrected chi connectivity index (χ2v) is 5.24. The van der Waals surface area contributed by atoms with Crippen LogP contribution in [0, 0.1) is 0 Å². The van der Waals surface area contributed by atoms with Crippen LogP contribution in [-0.4, -0.2) is 71.5 Å². The number of methoxy groups -OCH3 is 1. The van der Waals surface area contributed by atoms with E-state index in [1.165, 1.54) is 0 Å². The minimum atomic E-state index is 0.599. The van der Waals surface area contributed by atoms with Crippen LogP contribution in [0.1, 0.15) is 6.42 Å². The second kappa shape index (κ2) is 12.7. The zero-order valence-electron chi connectivity index (χ0n) is 14.5. The first-order valence-corrected chi connectivity index (χ1v) is 8.06. The number of aliphatic imine (C=N–C) groups is 1. The third-order valence-electron chi connectivity index (χ3n) is 3.30. The molecule has 23 heavy (non-hydrogen) atoms. The van der Waals surface area contributed by atoms with Crippen molar-refractivity contribution in [2.75, 3.05) is 60.6 Å². The first-order chi connectivity index (χ1) is 11.3. The molecule has 0 fully saturated rings. The number of hydrogen-bond donors (Lipinski definition) is 2. The first kappa shape index (κ1) is 19.3. The largest absolute Gasteiger partial charge is 0.492 e. The Balaban J connectivity index is 2.08. The van der Waals surface area contributed by atoms with Crippen molar-refractivity contribution in [3.63, 3.8) is 0 Å². The standard InChI is InChI=1S/C17H30N4O2/c1-18-17(19-10-13-21(2)12-7-14-22-3)20-11-15-23-16-8-5-4-6-9-16/h4-6,8-9H,7,10-15H2,1-3H3,(H2,18,19,20). The highest BCUT2D eigenvalue weighted by Gasteiger charge is 2.00. The van der Waals surface area contributed by atoms with E-state index in [1.54, 1.807) is 14.2 Å². The highest BCUT2D eigenvalue weighted by molar-refractivity contribution is 5.79. The number of ether oxygens (including phenoxy) is 2. The molecule has 0 bridgehead atoms. The Morgan fingerprint density at radius 2 is 1.83 bits per heavy atom. The van der Waals surface area contributed by atoms with Gasteiger partial charge in [-0.25, -0.2) is 0 Å². The van der Waals surface area contributed by atoms with E-state index < -0.39 is 0 Å². The third kappa shape index (κ3) is 9.76. The molecule has 1 aromatic carbocycles. The van der Waals surface area contributed by atoms with Gasteiger partial charge in [-0.2, -0.15) is 0 Å². The summed E-state index contributed by atoms with van der Waals surface area (Å²) in [6.45, 7) is 4.96. The molecule has 0 amide bonds. The van der Waals surface area contributed by atoms with Gasteiger partial charge in [-0.1, -0.05) is 18.2 Å². The molecule has 0 atom stereocenters. The highest BCUT2D eigenvalue weighted by atomic mass is 16.5. The number of benzene rings is 1. The Morgan fingerprint density at radius 1 is 1.09 bits per heavy atom. The van der Waals surface area contributed by atoms with Gasteiger partial charge in [-0.3, -0.25) is 4.99 Å². The molecule has 130 valence electrons. The maximum atomic E-state index is 5.63. The molecule has 0 saturated carbocycles. The van der Waals surface area contributed by atoms with Gasteiger partial charge < -0.3 is 25.0 Å². The van der Waals surface area contributed by atoms with Gasteiger partial charge in [0.05, 0.1) is 6.54 Å². The molecule has 0 unspecified atom stereocenters. The Kier molecular flexibility index (Phi) is 10.7. The van der Waals surface area contributed by atoms with Crippen LogP contribution in [0.2, 0.25) is 0 Å². The molecule has 1 rings (SSSR count). The molecule has 0 spiro atoms. The van der Waals surface area contributed by atoms with Crippen molar-refractivity contribution in [3.8, 4) is 5.75 Å². The Hall–Kier alpha value is -1.79. The van der Waals surface area contributed by atoms with E-state index in [4.69, 9.17) is 9.47 Å². The molecule has 0 saturated heterocycles. The van der Waals surface area contributed by atoms with Gasteiger partial charge >= 0.3 is 0 Å². The monoisotopic (exact) mass is 322 g/mol. The number of likely N-dealkylation sites (N-methyl/N-ethyl adjacent to an activating group) is 1. The fraction of sp³-hybridized carbons (Fsp3) is 0.588. The van der Waals surface area contributed by atoms with Crippen molar-refractivity contribution in [1.82, 2.24) is 15.5 Å². The summed E-state index contributed by atoms with van der Waals surface area (Å²) in [6, 6.07) is 9.81. The van der Waals surface area contributed by atoms with E-state index in [0.29, 0.717) is 13.2 Å². The van der Waals surface area contributed by atoms with Crippen molar-refractivity contribution >= 4 is 5.96 Å². The van der Waals surface area contributed by atoms with Crippen LogP contribution in [0.3, 0.4) is 0 Å². The summed E-state index contributed by atoms with van der Waals surface area (Å²) in [4.78, 5) is 6.48. The van der Waals surface area contributed by atoms with Crippen molar-refractivity contribution in [1.29, 1.82) is 0 Å². The molecule has 2 N–H and O–H groups in total. The summed E-state index contributed by atoms with van der Waals surface area (Å²) < 4.78 is 10.7. The first-order valence-electron chi connectivity index (χ1n) is 8.06. The molecule has 0 aliphatic carbocycles. The number of nitrogens with one attached hydrogen (secondary N) is 2. The van der Waals surface area contributed by atoms with Crippen molar-refractivity contribution in [3.05, 3.63) is 30.3 Å². The van der Waals surface area contributed by atoms with E-state index in [1.807, 2.05) is 30.3 Å². The normalized spacial score (nSPS) is 11.6. The summed E-state index contributed by atoms with van der Waals surface area (Å²) in [5.41, 5.74) is 0. The van der Waals surface area contributed by atoms with Gasteiger partial charge in [0.2, 0.25) is 0 Å². The van der Waals surface area contributed by atoms with E-state index in [0.717, 1.165) is 44.4 Å². The summed E-state index contributed by atoms with van der Waals surface area (Å²) in [6.07, 6.45) is 1.05. The average molecular weight is 322 g/mol. The van der Waals surface area contributed by atoms with Crippen molar-refractivity contribution in [2.24, 2.45) is 4.99 Å². The number of guanidine groups is 1. The number of nitrogens with zero attached hydrogens (tertiary/aromatic N) is 2. The van der Waals surface area contributed by atoms with Crippen LogP contribution >= 0.6 is 0 Å². The molecule has 6 heteroatoms. The van der Waals surface area contributed by atoms with Crippen molar-refractivity contribution in [2.45, 2.75) is 6.42 Å². The summed E-state index contributed by atoms with van der Waals surface area (Å²) in [5.74, 6) is 1.68. The molecule has 0 radical (unpaired) electrons. The van der Waals surface area contributed by atoms with E-state index in [9.17, 15) is 0 Å². The van der Waals surface area contributed by atoms with Crippen LogP contribution in [-0.2, 0) is 4.74 Å². The quantitative estimate of drug-likeness (QED) is 0.364. The Bertz CT molecular complexity index is 426. The lowest BCUT2D eigenvalue weighted by Crippen LogP contribution is -2.42. The molecule has 1 aromatic rings. The van der Waals surface area contributed by atoms with Crippen LogP contribution < -0.4 is 15.4 Å². The van der Waals surface area contributed by atoms with Gasteiger partial charge in [0.15, 0.2) is 5.96 Å². The van der Waals surface area contributed by atoms with Crippen LogP contribution in [0.25, 0.3) is 0 Å². The van der Waals surface area contributed by atoms with Crippen LogP contribution in [0.5, 0.6) is 5.75 Å². The zero-order valence-corrected chi connectivity index (χ0v) is 14.5. The smallest absolute Gasteiger partial charge is 0.191 e. The molecule has 0 heterocycles. The van der Waals surface area contributed by atoms with Gasteiger partial charge in [-0.05, 0) is 25.6 Å². The fourth-order valence-corrected chi connectivity index (χ4v) is 2.03. The van der Waals surface area contributed by atoms with Crippen molar-refractivity contribution < 1.29 is 9.47 Å². The molecule has 6 nitrogen and oxygen atoms in total. The highest BCUT2D eigenvalue weighted by Crippen LogP contribution is 2.07. The Labute approximate surface area is 139 Å². The topological polar surface area (TPSA) is 58.1 Å². The predicted octanol–water partition coefficient (Wildman–Crippen LogP) is 1.20. The number of rotatable bonds is 11. The van der Waals surface area contributed by atoms with E-state index >= 15 is 0 Å². The maximum absolute atomic E-state index is 5.63. The zero-order chi connectivity index (χ0) is 16.8. The van der Waals surface area contributed by atoms with Gasteiger partial charge in [-0.15, -0.1) is 0 Å². The molecular formula is C17H30N4O2. The van der Waals surface area contributed by atoms with Crippen LogP contribution in [0.15, 0.2) is 35.3 Å². The summed E-state index contributed by atoms with van der Waals surface area (Å²) in [7, 11) is 5.62. The number of hydrogen-bond acceptors (Lipinski definition) is 4. The lowest BCUT2D eigenvalue weighted by Gasteiger charge is -2.18. The molecular weight excluding hydrogens is 292 g/mol. The predicted molar refractivity (Wildman–Crippen MR) is 95.3 cm³/mol. The summed E-state index contributed by atoms with van der Waals surface area (Å²) >= 11 is 0. The lowest BCUT2D eigenvalue weighted by molar-refractivity contribution is 0.180. The van der Waals surface area contributed by atoms with E-state index in [2.05, 4.69) is 27.6 Å². The minimum Gasteiger partial charge on any atom is -0.492 e. The SMILES string of the molecule is CN=C(NCCOc1ccccc1)NCCN(C)CCCOC. The maximum Gasteiger partial charge on any atom is 0.191 e. The number of para-hydroxylation sites is 1. The third-order valence-corrected chi connectivity index (χ3v) is 3.30. The molecule has 0 aliphatic rings. The van der Waals surface area contributed by atoms with E-state index in [-0.39, 0.29) is 0 Å². The lowest BCUT2D eigenvalue weighted by atomic mass is 10.3. The fourth-order valence-electron chi connectivity index (χ4n) is 2.03. The Morgan fingerprint density at radius 3 is 2.52 bits per heavy atom. The second-order valence-electron chi connectivity index (χ2n) is 5.24. The van der Waals surface area contributed by atoms with Gasteiger partial charge in [0.1, 0.15) is 12.4 Å². The molecule has 0 aromatic heterocycles. The van der Waals surface area contributed by atoms with Gasteiger partial charge in [0, 0.05) is 40.4 Å². The van der Waals surface area contributed by atoms with Gasteiger partial charge in [0.25, 0.3) is 0 Å². The molecule has 0 aliphatic heterocycles. The summed E-state index contributed by atoms with van der Waals surface area (Å²) in [5, 5.41) is 6.54.